The first-order valence-electron chi connectivity index (χ1n) is 8.06. The van der Waals surface area contributed by atoms with Crippen molar-refractivity contribution in [2.45, 2.75) is 25.2 Å². The Morgan fingerprint density at radius 3 is 2.44 bits per heavy atom. The molecule has 0 bridgehead atoms. The van der Waals surface area contributed by atoms with Crippen molar-refractivity contribution < 1.29 is 18.6 Å². The maximum atomic E-state index is 13.2. The molecule has 2 aromatic carbocycles. The van der Waals surface area contributed by atoms with E-state index in [2.05, 4.69) is 11.0 Å². The number of hydrogen-bond acceptors (Lipinski definition) is 4. The number of rotatable bonds is 4. The summed E-state index contributed by atoms with van der Waals surface area (Å²) in [5.41, 5.74) is 1.66. The highest BCUT2D eigenvalue weighted by atomic mass is 19.1. The molecule has 6 heteroatoms. The third-order valence-corrected chi connectivity index (χ3v) is 4.22. The fourth-order valence-electron chi connectivity index (χ4n) is 2.97. The van der Waals surface area contributed by atoms with Crippen molar-refractivity contribution in [1.82, 2.24) is 4.90 Å². The van der Waals surface area contributed by atoms with E-state index in [-0.39, 0.29) is 5.75 Å². The summed E-state index contributed by atoms with van der Waals surface area (Å²) >= 11 is 0. The average Bonchev–Trinajstić information content (AvgIpc) is 2.57. The molecular weight excluding hydrogens is 326 g/mol. The molecule has 0 spiro atoms. The van der Waals surface area contributed by atoms with Gasteiger partial charge in [-0.3, -0.25) is 4.90 Å². The number of aliphatic hydroxyl groups is 1. The molecule has 1 fully saturated rings. The number of ether oxygens (including phenoxy) is 1. The minimum absolute atomic E-state index is 0.0853. The van der Waals surface area contributed by atoms with Crippen LogP contribution in [0.2, 0.25) is 0 Å². The number of nitriles is 1. The van der Waals surface area contributed by atoms with E-state index in [1.807, 2.05) is 12.1 Å². The number of halogens is 2. The second-order valence-corrected chi connectivity index (χ2v) is 6.16. The summed E-state index contributed by atoms with van der Waals surface area (Å²) in [6.45, 7) is 1.76. The lowest BCUT2D eigenvalue weighted by Gasteiger charge is -2.36. The Morgan fingerprint density at radius 2 is 1.84 bits per heavy atom. The van der Waals surface area contributed by atoms with E-state index in [1.165, 1.54) is 0 Å². The van der Waals surface area contributed by atoms with Crippen molar-refractivity contribution in [3.05, 3.63) is 65.2 Å². The van der Waals surface area contributed by atoms with E-state index < -0.39 is 23.8 Å². The Kier molecular flexibility index (Phi) is 5.27. The van der Waals surface area contributed by atoms with Gasteiger partial charge in [0.1, 0.15) is 29.6 Å². The van der Waals surface area contributed by atoms with Crippen molar-refractivity contribution in [1.29, 1.82) is 5.26 Å². The number of β-amino-alcohol motifs (C(OH)–C–C–N with tert-alkyl or cyclic N) is 1. The number of aliphatic hydroxyl groups excluding tert-OH is 1. The van der Waals surface area contributed by atoms with Gasteiger partial charge < -0.3 is 9.84 Å². The van der Waals surface area contributed by atoms with E-state index in [0.29, 0.717) is 31.6 Å². The van der Waals surface area contributed by atoms with Crippen LogP contribution in [0.3, 0.4) is 0 Å². The van der Waals surface area contributed by atoms with Gasteiger partial charge in [-0.25, -0.2) is 8.78 Å². The van der Waals surface area contributed by atoms with Crippen LogP contribution in [-0.2, 0) is 6.54 Å². The van der Waals surface area contributed by atoms with Crippen LogP contribution in [0.15, 0.2) is 42.5 Å². The normalized spacial score (nSPS) is 20.9. The van der Waals surface area contributed by atoms with E-state index in [4.69, 9.17) is 10.00 Å². The van der Waals surface area contributed by atoms with E-state index in [9.17, 15) is 13.9 Å². The van der Waals surface area contributed by atoms with Crippen LogP contribution < -0.4 is 4.74 Å². The summed E-state index contributed by atoms with van der Waals surface area (Å²) < 4.78 is 32.0. The predicted octanol–water partition coefficient (Wildman–Crippen LogP) is 2.85. The lowest BCUT2D eigenvalue weighted by atomic mass is 10.0. The summed E-state index contributed by atoms with van der Waals surface area (Å²) in [4.78, 5) is 2.08. The minimum atomic E-state index is -0.751. The number of hydrogen-bond donors (Lipinski definition) is 1. The molecule has 2 aromatic rings. The minimum Gasteiger partial charge on any atom is -0.487 e. The molecule has 0 unspecified atom stereocenters. The summed E-state index contributed by atoms with van der Waals surface area (Å²) in [6, 6.07) is 12.4. The smallest absolute Gasteiger partial charge is 0.129 e. The van der Waals surface area contributed by atoms with E-state index in [0.717, 1.165) is 23.8 Å². The van der Waals surface area contributed by atoms with Gasteiger partial charge in [0.05, 0.1) is 11.6 Å². The van der Waals surface area contributed by atoms with Crippen LogP contribution in [0, 0.1) is 23.0 Å². The van der Waals surface area contributed by atoms with Gasteiger partial charge in [-0.1, -0.05) is 12.1 Å². The van der Waals surface area contributed by atoms with Gasteiger partial charge in [-0.05, 0) is 24.1 Å². The van der Waals surface area contributed by atoms with Crippen molar-refractivity contribution in [2.24, 2.45) is 0 Å². The number of benzene rings is 2. The van der Waals surface area contributed by atoms with E-state index >= 15 is 0 Å². The molecule has 0 aromatic heterocycles. The molecule has 2 atom stereocenters. The summed E-state index contributed by atoms with van der Waals surface area (Å²) in [5, 5.41) is 19.1. The standard InChI is InChI=1S/C19H18F2N2O2/c20-15-7-16(21)9-17(8-15)25-19-5-6-23(12-18(19)24)11-14-3-1-13(10-22)2-4-14/h1-4,7-9,18-19,24H,5-6,11-12H2/t18-,19-/m1/s1. The van der Waals surface area contributed by atoms with Crippen LogP contribution in [-0.4, -0.2) is 35.3 Å². The summed E-state index contributed by atoms with van der Waals surface area (Å²) in [7, 11) is 0. The monoisotopic (exact) mass is 344 g/mol. The van der Waals surface area contributed by atoms with Gasteiger partial charge in [-0.15, -0.1) is 0 Å². The quantitative estimate of drug-likeness (QED) is 0.927. The van der Waals surface area contributed by atoms with E-state index in [1.54, 1.807) is 12.1 Å². The molecule has 0 amide bonds. The zero-order chi connectivity index (χ0) is 17.8. The highest BCUT2D eigenvalue weighted by molar-refractivity contribution is 5.31. The number of nitrogens with zero attached hydrogens (tertiary/aromatic N) is 2. The van der Waals surface area contributed by atoms with Crippen LogP contribution in [0.25, 0.3) is 0 Å². The molecule has 1 aliphatic heterocycles. The molecule has 0 radical (unpaired) electrons. The largest absolute Gasteiger partial charge is 0.487 e. The predicted molar refractivity (Wildman–Crippen MR) is 87.8 cm³/mol. The first-order chi connectivity index (χ1) is 12.0. The number of likely N-dealkylation sites (tertiary alicyclic amines) is 1. The zero-order valence-corrected chi connectivity index (χ0v) is 13.5. The topological polar surface area (TPSA) is 56.5 Å². The number of piperidine rings is 1. The second-order valence-electron chi connectivity index (χ2n) is 6.16. The first-order valence-corrected chi connectivity index (χ1v) is 8.06. The molecule has 25 heavy (non-hydrogen) atoms. The third kappa shape index (κ3) is 4.53. The Bertz CT molecular complexity index is 754. The highest BCUT2D eigenvalue weighted by Crippen LogP contribution is 2.22. The van der Waals surface area contributed by atoms with Gasteiger partial charge in [0.2, 0.25) is 0 Å². The van der Waals surface area contributed by atoms with Gasteiger partial charge >= 0.3 is 0 Å². The van der Waals surface area contributed by atoms with Crippen LogP contribution in [0.4, 0.5) is 8.78 Å². The van der Waals surface area contributed by atoms with Gasteiger partial charge in [0, 0.05) is 37.8 Å². The first kappa shape index (κ1) is 17.3. The Labute approximate surface area is 144 Å². The molecule has 0 aliphatic carbocycles. The molecule has 3 rings (SSSR count). The zero-order valence-electron chi connectivity index (χ0n) is 13.5. The van der Waals surface area contributed by atoms with Gasteiger partial charge in [0.15, 0.2) is 0 Å². The lowest BCUT2D eigenvalue weighted by Crippen LogP contribution is -2.48. The molecule has 0 saturated carbocycles. The summed E-state index contributed by atoms with van der Waals surface area (Å²) in [6.07, 6.45) is -0.702. The van der Waals surface area contributed by atoms with Crippen LogP contribution in [0.1, 0.15) is 17.5 Å². The molecule has 1 N–H and O–H groups in total. The van der Waals surface area contributed by atoms with Crippen molar-refractivity contribution >= 4 is 0 Å². The third-order valence-electron chi connectivity index (χ3n) is 4.22. The van der Waals surface area contributed by atoms with Crippen LogP contribution >= 0.6 is 0 Å². The van der Waals surface area contributed by atoms with Crippen molar-refractivity contribution in [3.63, 3.8) is 0 Å². The molecule has 1 heterocycles. The molecule has 4 nitrogen and oxygen atoms in total. The maximum absolute atomic E-state index is 13.2. The van der Waals surface area contributed by atoms with Crippen LogP contribution in [0.5, 0.6) is 5.75 Å². The van der Waals surface area contributed by atoms with Gasteiger partial charge in [0.25, 0.3) is 0 Å². The highest BCUT2D eigenvalue weighted by Gasteiger charge is 2.29. The maximum Gasteiger partial charge on any atom is 0.129 e. The van der Waals surface area contributed by atoms with Crippen molar-refractivity contribution in [2.75, 3.05) is 13.1 Å². The van der Waals surface area contributed by atoms with Gasteiger partial charge in [-0.2, -0.15) is 5.26 Å². The fraction of sp³-hybridized carbons (Fsp3) is 0.316. The Balaban J connectivity index is 1.57. The SMILES string of the molecule is N#Cc1ccc(CN2CC[C@@H](Oc3cc(F)cc(F)c3)[C@H](O)C2)cc1. The molecule has 1 saturated heterocycles. The fourth-order valence-corrected chi connectivity index (χ4v) is 2.97. The molecule has 130 valence electrons. The van der Waals surface area contributed by atoms with Crippen molar-refractivity contribution in [3.8, 4) is 11.8 Å². The lowest BCUT2D eigenvalue weighted by molar-refractivity contribution is -0.0277. The Morgan fingerprint density at radius 1 is 1.16 bits per heavy atom. The Hall–Kier alpha value is -2.49. The molecular formula is C19H18F2N2O2. The average molecular weight is 344 g/mol. The molecule has 1 aliphatic rings. The summed E-state index contributed by atoms with van der Waals surface area (Å²) in [5.74, 6) is -1.33. The second kappa shape index (κ2) is 7.60.